The third-order valence-corrected chi connectivity index (χ3v) is 5.27. The van der Waals surface area contributed by atoms with E-state index in [1.54, 1.807) is 0 Å². The first-order valence-electron chi connectivity index (χ1n) is 8.16. The number of rotatable bonds is 5. The first-order chi connectivity index (χ1) is 11.2. The SMILES string of the molecule is CC(C)(CNC(=O)OCc1ccccc1)C1(C)CCN(C(=O)O)C1. The van der Waals surface area contributed by atoms with Crippen LogP contribution in [0.2, 0.25) is 0 Å². The van der Waals surface area contributed by atoms with Gasteiger partial charge in [0, 0.05) is 19.6 Å². The molecule has 24 heavy (non-hydrogen) atoms. The van der Waals surface area contributed by atoms with Crippen molar-refractivity contribution in [2.45, 2.75) is 33.8 Å². The Morgan fingerprint density at radius 1 is 1.33 bits per heavy atom. The van der Waals surface area contributed by atoms with Crippen molar-refractivity contribution in [2.24, 2.45) is 10.8 Å². The molecule has 1 aliphatic heterocycles. The summed E-state index contributed by atoms with van der Waals surface area (Å²) in [6, 6.07) is 9.51. The van der Waals surface area contributed by atoms with E-state index >= 15 is 0 Å². The molecule has 1 atom stereocenters. The lowest BCUT2D eigenvalue weighted by Gasteiger charge is -2.41. The fourth-order valence-corrected chi connectivity index (χ4v) is 2.96. The third-order valence-electron chi connectivity index (χ3n) is 5.27. The molecule has 132 valence electrons. The fourth-order valence-electron chi connectivity index (χ4n) is 2.96. The van der Waals surface area contributed by atoms with Crippen LogP contribution in [0.3, 0.4) is 0 Å². The third kappa shape index (κ3) is 4.19. The van der Waals surface area contributed by atoms with Crippen molar-refractivity contribution >= 4 is 12.2 Å². The lowest BCUT2D eigenvalue weighted by atomic mass is 9.66. The van der Waals surface area contributed by atoms with Crippen LogP contribution in [0, 0.1) is 10.8 Å². The summed E-state index contributed by atoms with van der Waals surface area (Å²) in [7, 11) is 0. The summed E-state index contributed by atoms with van der Waals surface area (Å²) in [6.45, 7) is 7.87. The van der Waals surface area contributed by atoms with Crippen molar-refractivity contribution < 1.29 is 19.4 Å². The van der Waals surface area contributed by atoms with E-state index in [1.165, 1.54) is 4.90 Å². The number of carbonyl (C=O) groups is 2. The molecular formula is C18H26N2O4. The number of carboxylic acid groups (broad SMARTS) is 1. The zero-order valence-electron chi connectivity index (χ0n) is 14.5. The van der Waals surface area contributed by atoms with Gasteiger partial charge in [-0.1, -0.05) is 51.1 Å². The first-order valence-corrected chi connectivity index (χ1v) is 8.16. The van der Waals surface area contributed by atoms with Gasteiger partial charge in [-0.3, -0.25) is 0 Å². The Labute approximate surface area is 142 Å². The molecule has 1 aliphatic rings. The van der Waals surface area contributed by atoms with E-state index in [9.17, 15) is 9.59 Å². The number of alkyl carbamates (subject to hydrolysis) is 1. The molecule has 0 spiro atoms. The molecule has 0 aromatic heterocycles. The van der Waals surface area contributed by atoms with E-state index in [0.717, 1.165) is 12.0 Å². The lowest BCUT2D eigenvalue weighted by Crippen LogP contribution is -2.46. The van der Waals surface area contributed by atoms with E-state index in [-0.39, 0.29) is 17.4 Å². The minimum Gasteiger partial charge on any atom is -0.465 e. The Morgan fingerprint density at radius 2 is 2.00 bits per heavy atom. The molecule has 6 heteroatoms. The van der Waals surface area contributed by atoms with Crippen LogP contribution >= 0.6 is 0 Å². The monoisotopic (exact) mass is 334 g/mol. The molecule has 1 heterocycles. The van der Waals surface area contributed by atoms with Crippen molar-refractivity contribution in [3.05, 3.63) is 35.9 Å². The van der Waals surface area contributed by atoms with E-state index in [4.69, 9.17) is 9.84 Å². The zero-order chi connectivity index (χ0) is 17.8. The summed E-state index contributed by atoms with van der Waals surface area (Å²) < 4.78 is 5.22. The van der Waals surface area contributed by atoms with Crippen LogP contribution in [0.15, 0.2) is 30.3 Å². The van der Waals surface area contributed by atoms with Gasteiger partial charge < -0.3 is 20.1 Å². The predicted octanol–water partition coefficient (Wildman–Crippen LogP) is 3.33. The molecule has 0 bridgehead atoms. The second-order valence-electron chi connectivity index (χ2n) is 7.31. The molecule has 6 nitrogen and oxygen atoms in total. The first kappa shape index (κ1) is 18.1. The molecule has 1 unspecified atom stereocenters. The standard InChI is InChI=1S/C18H26N2O4/c1-17(2,18(3)9-10-20(13-18)16(22)23)12-19-15(21)24-11-14-7-5-4-6-8-14/h4-8H,9-13H2,1-3H3,(H,19,21)(H,22,23). The highest BCUT2D eigenvalue weighted by molar-refractivity contribution is 5.67. The Hall–Kier alpha value is -2.24. The lowest BCUT2D eigenvalue weighted by molar-refractivity contribution is 0.0826. The van der Waals surface area contributed by atoms with E-state index in [2.05, 4.69) is 26.1 Å². The van der Waals surface area contributed by atoms with Gasteiger partial charge in [-0.05, 0) is 22.8 Å². The summed E-state index contributed by atoms with van der Waals surface area (Å²) >= 11 is 0. The van der Waals surface area contributed by atoms with Gasteiger partial charge in [-0.2, -0.15) is 0 Å². The summed E-state index contributed by atoms with van der Waals surface area (Å²) in [6.07, 6.45) is -0.555. The van der Waals surface area contributed by atoms with Gasteiger partial charge in [0.05, 0.1) is 0 Å². The number of carbonyl (C=O) groups excluding carboxylic acids is 1. The number of ether oxygens (including phenoxy) is 1. The van der Waals surface area contributed by atoms with Crippen LogP contribution in [0.25, 0.3) is 0 Å². The maximum absolute atomic E-state index is 11.9. The summed E-state index contributed by atoms with van der Waals surface area (Å²) in [5.41, 5.74) is 0.507. The largest absolute Gasteiger partial charge is 0.465 e. The van der Waals surface area contributed by atoms with Gasteiger partial charge in [0.25, 0.3) is 0 Å². The second kappa shape index (κ2) is 7.11. The highest BCUT2D eigenvalue weighted by Crippen LogP contribution is 2.45. The van der Waals surface area contributed by atoms with Gasteiger partial charge in [0.1, 0.15) is 6.61 Å². The van der Waals surface area contributed by atoms with Crippen LogP contribution in [-0.4, -0.2) is 41.8 Å². The smallest absolute Gasteiger partial charge is 0.407 e. The fraction of sp³-hybridized carbons (Fsp3) is 0.556. The Bertz CT molecular complexity index is 588. The number of likely N-dealkylation sites (tertiary alicyclic amines) is 1. The summed E-state index contributed by atoms with van der Waals surface area (Å²) in [5, 5.41) is 12.0. The number of nitrogens with one attached hydrogen (secondary N) is 1. The highest BCUT2D eigenvalue weighted by Gasteiger charge is 2.47. The highest BCUT2D eigenvalue weighted by atomic mass is 16.5. The summed E-state index contributed by atoms with van der Waals surface area (Å²) in [5.74, 6) is 0. The molecule has 1 aromatic carbocycles. The molecule has 2 rings (SSSR count). The maximum atomic E-state index is 11.9. The quantitative estimate of drug-likeness (QED) is 0.866. The van der Waals surface area contributed by atoms with Crippen molar-refractivity contribution in [3.8, 4) is 0 Å². The minimum atomic E-state index is -0.884. The average Bonchev–Trinajstić information content (AvgIpc) is 2.97. The molecule has 1 saturated heterocycles. The van der Waals surface area contributed by atoms with Crippen LogP contribution in [-0.2, 0) is 11.3 Å². The van der Waals surface area contributed by atoms with Gasteiger partial charge in [-0.25, -0.2) is 9.59 Å². The molecular weight excluding hydrogens is 308 g/mol. The number of benzene rings is 1. The minimum absolute atomic E-state index is 0.182. The maximum Gasteiger partial charge on any atom is 0.407 e. The van der Waals surface area contributed by atoms with Crippen LogP contribution < -0.4 is 5.32 Å². The van der Waals surface area contributed by atoms with Gasteiger partial charge in [-0.15, -0.1) is 0 Å². The van der Waals surface area contributed by atoms with Crippen LogP contribution in [0.5, 0.6) is 0 Å². The predicted molar refractivity (Wildman–Crippen MR) is 90.7 cm³/mol. The zero-order valence-corrected chi connectivity index (χ0v) is 14.5. The molecule has 1 fully saturated rings. The molecule has 2 amide bonds. The average molecular weight is 334 g/mol. The van der Waals surface area contributed by atoms with Gasteiger partial charge >= 0.3 is 12.2 Å². The Balaban J connectivity index is 1.83. The van der Waals surface area contributed by atoms with Crippen molar-refractivity contribution in [1.82, 2.24) is 10.2 Å². The molecule has 2 N–H and O–H groups in total. The molecule has 1 aromatic rings. The normalized spacial score (nSPS) is 20.7. The van der Waals surface area contributed by atoms with E-state index in [0.29, 0.717) is 19.6 Å². The number of amides is 2. The van der Waals surface area contributed by atoms with Gasteiger partial charge in [0.2, 0.25) is 0 Å². The van der Waals surface area contributed by atoms with E-state index in [1.807, 2.05) is 30.3 Å². The Kier molecular flexibility index (Phi) is 5.36. The Morgan fingerprint density at radius 3 is 2.58 bits per heavy atom. The van der Waals surface area contributed by atoms with Crippen molar-refractivity contribution in [3.63, 3.8) is 0 Å². The second-order valence-corrected chi connectivity index (χ2v) is 7.31. The number of nitrogens with zero attached hydrogens (tertiary/aromatic N) is 1. The van der Waals surface area contributed by atoms with Crippen molar-refractivity contribution in [1.29, 1.82) is 0 Å². The van der Waals surface area contributed by atoms with Crippen molar-refractivity contribution in [2.75, 3.05) is 19.6 Å². The summed E-state index contributed by atoms with van der Waals surface area (Å²) in [4.78, 5) is 24.5. The van der Waals surface area contributed by atoms with E-state index < -0.39 is 12.2 Å². The topological polar surface area (TPSA) is 78.9 Å². The molecule has 0 saturated carbocycles. The molecule has 0 aliphatic carbocycles. The number of hydrogen-bond acceptors (Lipinski definition) is 3. The van der Waals surface area contributed by atoms with Gasteiger partial charge in [0.15, 0.2) is 0 Å². The number of hydrogen-bond donors (Lipinski definition) is 2. The van der Waals surface area contributed by atoms with Crippen LogP contribution in [0.1, 0.15) is 32.8 Å². The molecule has 0 radical (unpaired) electrons. The van der Waals surface area contributed by atoms with Crippen LogP contribution in [0.4, 0.5) is 9.59 Å².